The van der Waals surface area contributed by atoms with Gasteiger partial charge in [0.15, 0.2) is 11.6 Å². The summed E-state index contributed by atoms with van der Waals surface area (Å²) in [7, 11) is 0. The zero-order chi connectivity index (χ0) is 15.6. The number of rotatable bonds is 3. The second-order valence-corrected chi connectivity index (χ2v) is 4.38. The number of non-ortho nitro benzene ring substituents is 1. The van der Waals surface area contributed by atoms with Gasteiger partial charge >= 0.3 is 0 Å². The average molecular weight is 313 g/mol. The number of nitrogens with zero attached hydrogens (tertiary/aromatic N) is 1. The zero-order valence-corrected chi connectivity index (χ0v) is 11.0. The number of amides is 1. The Bertz CT molecular complexity index is 737. The fourth-order valence-electron chi connectivity index (χ4n) is 1.59. The minimum absolute atomic E-state index is 0.0518. The van der Waals surface area contributed by atoms with E-state index in [1.165, 1.54) is 12.1 Å². The smallest absolute Gasteiger partial charge is 0.271 e. The van der Waals surface area contributed by atoms with Crippen LogP contribution in [-0.2, 0) is 0 Å². The fraction of sp³-hybridized carbons (Fsp3) is 0. The second kappa shape index (κ2) is 5.84. The summed E-state index contributed by atoms with van der Waals surface area (Å²) in [5.41, 5.74) is -0.699. The summed E-state index contributed by atoms with van der Waals surface area (Å²) in [4.78, 5) is 21.8. The van der Waals surface area contributed by atoms with Crippen molar-refractivity contribution in [2.24, 2.45) is 0 Å². The molecule has 2 rings (SSSR count). The lowest BCUT2D eigenvalue weighted by Crippen LogP contribution is -2.14. The van der Waals surface area contributed by atoms with Gasteiger partial charge in [-0.25, -0.2) is 8.78 Å². The summed E-state index contributed by atoms with van der Waals surface area (Å²) in [5, 5.41) is 12.7. The third kappa shape index (κ3) is 3.14. The van der Waals surface area contributed by atoms with Crippen LogP contribution in [0.2, 0.25) is 5.02 Å². The molecule has 108 valence electrons. The number of halogens is 3. The number of carbonyl (C=O) groups is 1. The summed E-state index contributed by atoms with van der Waals surface area (Å²) in [6.45, 7) is 0. The van der Waals surface area contributed by atoms with E-state index < -0.39 is 28.0 Å². The van der Waals surface area contributed by atoms with E-state index in [-0.39, 0.29) is 16.4 Å². The molecule has 0 aromatic heterocycles. The van der Waals surface area contributed by atoms with E-state index >= 15 is 0 Å². The third-order valence-corrected chi connectivity index (χ3v) is 2.92. The Morgan fingerprint density at radius 3 is 2.57 bits per heavy atom. The van der Waals surface area contributed by atoms with Gasteiger partial charge in [0.25, 0.3) is 11.6 Å². The lowest BCUT2D eigenvalue weighted by atomic mass is 10.2. The Kier molecular flexibility index (Phi) is 4.13. The van der Waals surface area contributed by atoms with Crippen LogP contribution in [0.25, 0.3) is 0 Å². The van der Waals surface area contributed by atoms with Gasteiger partial charge in [0, 0.05) is 12.1 Å². The molecule has 0 aliphatic heterocycles. The molecule has 0 heterocycles. The van der Waals surface area contributed by atoms with E-state index in [9.17, 15) is 23.7 Å². The van der Waals surface area contributed by atoms with Crippen molar-refractivity contribution in [2.45, 2.75) is 0 Å². The molecular formula is C13H7ClF2N2O3. The molecule has 0 unspecified atom stereocenters. The maximum Gasteiger partial charge on any atom is 0.271 e. The first-order valence-corrected chi connectivity index (χ1v) is 5.97. The highest BCUT2D eigenvalue weighted by molar-refractivity contribution is 6.34. The Hall–Kier alpha value is -2.54. The van der Waals surface area contributed by atoms with Crippen LogP contribution in [0.4, 0.5) is 20.2 Å². The van der Waals surface area contributed by atoms with E-state index in [0.717, 1.165) is 24.3 Å². The molecule has 2 aromatic rings. The van der Waals surface area contributed by atoms with E-state index in [0.29, 0.717) is 0 Å². The van der Waals surface area contributed by atoms with Crippen LogP contribution in [0, 0.1) is 21.7 Å². The van der Waals surface area contributed by atoms with Crippen molar-refractivity contribution in [1.82, 2.24) is 0 Å². The number of anilines is 1. The number of carbonyl (C=O) groups excluding carboxylic acids is 1. The van der Waals surface area contributed by atoms with Crippen LogP contribution in [0.5, 0.6) is 0 Å². The van der Waals surface area contributed by atoms with Crippen LogP contribution in [0.1, 0.15) is 10.4 Å². The van der Waals surface area contributed by atoms with Crippen LogP contribution < -0.4 is 5.32 Å². The molecule has 0 spiro atoms. The molecule has 0 fully saturated rings. The van der Waals surface area contributed by atoms with E-state index in [1.54, 1.807) is 0 Å². The van der Waals surface area contributed by atoms with Crippen LogP contribution in [-0.4, -0.2) is 10.8 Å². The molecule has 0 saturated carbocycles. The SMILES string of the molecule is O=C(Nc1ccc([N+](=O)[O-])cc1Cl)c1cccc(F)c1F. The van der Waals surface area contributed by atoms with E-state index in [1.807, 2.05) is 0 Å². The molecule has 21 heavy (non-hydrogen) atoms. The molecule has 0 radical (unpaired) electrons. The van der Waals surface area contributed by atoms with Gasteiger partial charge in [0.05, 0.1) is 21.2 Å². The molecular weight excluding hydrogens is 306 g/mol. The highest BCUT2D eigenvalue weighted by Gasteiger charge is 2.17. The standard InChI is InChI=1S/C13H7ClF2N2O3/c14-9-6-7(18(20)21)4-5-11(9)17-13(19)8-2-1-3-10(15)12(8)16/h1-6H,(H,17,19). The Labute approximate surface area is 122 Å². The van der Waals surface area contributed by atoms with Gasteiger partial charge in [-0.1, -0.05) is 17.7 Å². The van der Waals surface area contributed by atoms with Crippen molar-refractivity contribution >= 4 is 28.9 Å². The molecule has 8 heteroatoms. The predicted octanol–water partition coefficient (Wildman–Crippen LogP) is 3.78. The number of nitro groups is 1. The van der Waals surface area contributed by atoms with Crippen LogP contribution in [0.3, 0.4) is 0 Å². The first kappa shape index (κ1) is 14.9. The van der Waals surface area contributed by atoms with Gasteiger partial charge in [-0.15, -0.1) is 0 Å². The Balaban J connectivity index is 2.28. The van der Waals surface area contributed by atoms with Crippen molar-refractivity contribution in [3.05, 3.63) is 68.7 Å². The van der Waals surface area contributed by atoms with Crippen LogP contribution in [0.15, 0.2) is 36.4 Å². The molecule has 2 aromatic carbocycles. The van der Waals surface area contributed by atoms with Gasteiger partial charge in [-0.3, -0.25) is 14.9 Å². The number of nitro benzene ring substituents is 1. The molecule has 0 aliphatic rings. The Morgan fingerprint density at radius 2 is 1.95 bits per heavy atom. The van der Waals surface area contributed by atoms with Crippen molar-refractivity contribution < 1.29 is 18.5 Å². The van der Waals surface area contributed by atoms with Crippen molar-refractivity contribution in [1.29, 1.82) is 0 Å². The average Bonchev–Trinajstić information content (AvgIpc) is 2.43. The normalized spacial score (nSPS) is 10.2. The maximum absolute atomic E-state index is 13.5. The quantitative estimate of drug-likeness (QED) is 0.692. The summed E-state index contributed by atoms with van der Waals surface area (Å²) in [5.74, 6) is -3.35. The van der Waals surface area contributed by atoms with Crippen molar-refractivity contribution in [3.8, 4) is 0 Å². The third-order valence-electron chi connectivity index (χ3n) is 2.61. The summed E-state index contributed by atoms with van der Waals surface area (Å²) < 4.78 is 26.5. The Morgan fingerprint density at radius 1 is 1.24 bits per heavy atom. The molecule has 1 N–H and O–H groups in total. The molecule has 0 saturated heterocycles. The number of hydrogen-bond acceptors (Lipinski definition) is 3. The first-order chi connectivity index (χ1) is 9.90. The fourth-order valence-corrected chi connectivity index (χ4v) is 1.81. The second-order valence-electron chi connectivity index (χ2n) is 3.98. The van der Waals surface area contributed by atoms with E-state index in [4.69, 9.17) is 11.6 Å². The summed E-state index contributed by atoms with van der Waals surface area (Å²) in [6, 6.07) is 6.54. The lowest BCUT2D eigenvalue weighted by molar-refractivity contribution is -0.384. The summed E-state index contributed by atoms with van der Waals surface area (Å²) >= 11 is 5.79. The largest absolute Gasteiger partial charge is 0.321 e. The number of nitrogens with one attached hydrogen (secondary N) is 1. The minimum atomic E-state index is -1.28. The van der Waals surface area contributed by atoms with Crippen molar-refractivity contribution in [3.63, 3.8) is 0 Å². The lowest BCUT2D eigenvalue weighted by Gasteiger charge is -2.08. The van der Waals surface area contributed by atoms with Gasteiger partial charge in [0.1, 0.15) is 0 Å². The van der Waals surface area contributed by atoms with Gasteiger partial charge in [-0.05, 0) is 18.2 Å². The van der Waals surface area contributed by atoms with Crippen LogP contribution >= 0.6 is 11.6 Å². The maximum atomic E-state index is 13.5. The first-order valence-electron chi connectivity index (χ1n) is 5.59. The zero-order valence-electron chi connectivity index (χ0n) is 10.3. The summed E-state index contributed by atoms with van der Waals surface area (Å²) in [6.07, 6.45) is 0. The molecule has 0 atom stereocenters. The highest BCUT2D eigenvalue weighted by atomic mass is 35.5. The topological polar surface area (TPSA) is 72.2 Å². The van der Waals surface area contributed by atoms with Crippen molar-refractivity contribution in [2.75, 3.05) is 5.32 Å². The minimum Gasteiger partial charge on any atom is -0.321 e. The molecule has 0 bridgehead atoms. The number of hydrogen-bond donors (Lipinski definition) is 1. The molecule has 0 aliphatic carbocycles. The molecule has 5 nitrogen and oxygen atoms in total. The van der Waals surface area contributed by atoms with Gasteiger partial charge in [-0.2, -0.15) is 0 Å². The highest BCUT2D eigenvalue weighted by Crippen LogP contribution is 2.27. The van der Waals surface area contributed by atoms with Gasteiger partial charge < -0.3 is 5.32 Å². The predicted molar refractivity (Wildman–Crippen MR) is 72.4 cm³/mol. The molecule has 1 amide bonds. The van der Waals surface area contributed by atoms with Gasteiger partial charge in [0.2, 0.25) is 0 Å². The number of benzene rings is 2. The van der Waals surface area contributed by atoms with E-state index in [2.05, 4.69) is 5.32 Å². The monoisotopic (exact) mass is 312 g/mol.